The van der Waals surface area contributed by atoms with Crippen molar-refractivity contribution in [3.8, 4) is 17.2 Å². The number of hydrogen-bond acceptors (Lipinski definition) is 5. The lowest BCUT2D eigenvalue weighted by molar-refractivity contribution is -0.123. The second-order valence-corrected chi connectivity index (χ2v) is 8.73. The number of halogens is 1. The monoisotopic (exact) mass is 518 g/mol. The summed E-state index contributed by atoms with van der Waals surface area (Å²) in [6.07, 6.45) is 0. The first-order chi connectivity index (χ1) is 17.9. The highest BCUT2D eigenvalue weighted by atomic mass is 35.5. The molecule has 1 atom stereocenters. The number of benzene rings is 4. The number of hydrogen-bond donors (Lipinski definition) is 2. The lowest BCUT2D eigenvalue weighted by Crippen LogP contribution is -2.31. The van der Waals surface area contributed by atoms with E-state index in [-0.39, 0.29) is 29.9 Å². The van der Waals surface area contributed by atoms with Crippen LogP contribution in [0.4, 0.5) is 5.69 Å². The van der Waals surface area contributed by atoms with Crippen LogP contribution in [0.3, 0.4) is 0 Å². The van der Waals surface area contributed by atoms with E-state index < -0.39 is 5.91 Å². The minimum Gasteiger partial charge on any atom is -0.495 e. The fourth-order valence-corrected chi connectivity index (χ4v) is 4.16. The maximum atomic E-state index is 13.4. The van der Waals surface area contributed by atoms with Crippen molar-refractivity contribution in [2.75, 3.05) is 26.1 Å². The van der Waals surface area contributed by atoms with Crippen molar-refractivity contribution < 1.29 is 23.8 Å². The summed E-state index contributed by atoms with van der Waals surface area (Å²) in [6.45, 7) is 1.64. The summed E-state index contributed by atoms with van der Waals surface area (Å²) in [6, 6.07) is 23.6. The number of fused-ring (bicyclic) bond motifs is 1. The van der Waals surface area contributed by atoms with Crippen molar-refractivity contribution >= 4 is 39.9 Å². The molecule has 0 bridgehead atoms. The molecule has 7 nitrogen and oxygen atoms in total. The summed E-state index contributed by atoms with van der Waals surface area (Å²) in [5.74, 6) is 0.323. The smallest absolute Gasteiger partial charge is 0.259 e. The molecule has 4 aromatic rings. The number of carbonyl (C=O) groups excluding carboxylic acids is 2. The van der Waals surface area contributed by atoms with Gasteiger partial charge in [0.25, 0.3) is 11.8 Å². The van der Waals surface area contributed by atoms with Gasteiger partial charge in [-0.3, -0.25) is 9.59 Å². The lowest BCUT2D eigenvalue weighted by Gasteiger charge is -2.17. The average Bonchev–Trinajstić information content (AvgIpc) is 2.92. The van der Waals surface area contributed by atoms with Crippen LogP contribution in [0.1, 0.15) is 28.9 Å². The number of carbonyl (C=O) groups is 2. The van der Waals surface area contributed by atoms with Gasteiger partial charge in [-0.05, 0) is 41.5 Å². The van der Waals surface area contributed by atoms with Gasteiger partial charge in [-0.2, -0.15) is 0 Å². The number of amides is 2. The Morgan fingerprint density at radius 2 is 1.49 bits per heavy atom. The van der Waals surface area contributed by atoms with E-state index in [0.29, 0.717) is 22.2 Å². The van der Waals surface area contributed by atoms with Gasteiger partial charge in [0.1, 0.15) is 17.2 Å². The highest BCUT2D eigenvalue weighted by Crippen LogP contribution is 2.36. The Kier molecular flexibility index (Phi) is 8.15. The third kappa shape index (κ3) is 6.13. The highest BCUT2D eigenvalue weighted by Gasteiger charge is 2.19. The van der Waals surface area contributed by atoms with Crippen LogP contribution in [0.5, 0.6) is 17.2 Å². The van der Waals surface area contributed by atoms with E-state index in [2.05, 4.69) is 10.6 Å². The van der Waals surface area contributed by atoms with E-state index in [1.165, 1.54) is 14.2 Å². The molecule has 0 heterocycles. The molecule has 190 valence electrons. The lowest BCUT2D eigenvalue weighted by atomic mass is 10.0. The molecule has 8 heteroatoms. The summed E-state index contributed by atoms with van der Waals surface area (Å²) in [7, 11) is 2.98. The minimum atomic E-state index is -0.446. The van der Waals surface area contributed by atoms with Gasteiger partial charge in [0.15, 0.2) is 6.61 Å². The first-order valence-electron chi connectivity index (χ1n) is 11.6. The molecule has 4 rings (SSSR count). The molecule has 4 aromatic carbocycles. The molecule has 2 amide bonds. The number of anilines is 1. The summed E-state index contributed by atoms with van der Waals surface area (Å²) >= 11 is 6.27. The largest absolute Gasteiger partial charge is 0.495 e. The van der Waals surface area contributed by atoms with Crippen LogP contribution < -0.4 is 24.8 Å². The van der Waals surface area contributed by atoms with Gasteiger partial charge in [-0.1, -0.05) is 66.2 Å². The van der Waals surface area contributed by atoms with Crippen LogP contribution in [0.15, 0.2) is 78.9 Å². The summed E-state index contributed by atoms with van der Waals surface area (Å²) in [5.41, 5.74) is 1.61. The van der Waals surface area contributed by atoms with Gasteiger partial charge in [0.05, 0.1) is 36.5 Å². The Balaban J connectivity index is 1.57. The maximum absolute atomic E-state index is 13.4. The van der Waals surface area contributed by atoms with Gasteiger partial charge in [0, 0.05) is 6.07 Å². The molecule has 0 aromatic heterocycles. The molecule has 0 fully saturated rings. The molecule has 0 aliphatic heterocycles. The van der Waals surface area contributed by atoms with Gasteiger partial charge < -0.3 is 24.8 Å². The average molecular weight is 519 g/mol. The van der Waals surface area contributed by atoms with Gasteiger partial charge >= 0.3 is 0 Å². The van der Waals surface area contributed by atoms with E-state index in [4.69, 9.17) is 25.8 Å². The highest BCUT2D eigenvalue weighted by molar-refractivity contribution is 6.32. The number of ether oxygens (including phenoxy) is 3. The minimum absolute atomic E-state index is 0.191. The van der Waals surface area contributed by atoms with Crippen molar-refractivity contribution in [3.05, 3.63) is 95.0 Å². The molecule has 0 spiro atoms. The molecule has 0 saturated carbocycles. The zero-order valence-corrected chi connectivity index (χ0v) is 21.5. The summed E-state index contributed by atoms with van der Waals surface area (Å²) < 4.78 is 16.5. The van der Waals surface area contributed by atoms with Crippen molar-refractivity contribution in [2.45, 2.75) is 13.0 Å². The molecular formula is C29H27ClN2O5. The van der Waals surface area contributed by atoms with Crippen LogP contribution >= 0.6 is 11.6 Å². The molecule has 0 aliphatic carbocycles. The maximum Gasteiger partial charge on any atom is 0.259 e. The van der Waals surface area contributed by atoms with E-state index in [1.807, 2.05) is 61.5 Å². The molecular weight excluding hydrogens is 492 g/mol. The van der Waals surface area contributed by atoms with Crippen molar-refractivity contribution in [1.29, 1.82) is 0 Å². The Hall–Kier alpha value is -4.23. The first kappa shape index (κ1) is 25.9. The predicted octanol–water partition coefficient (Wildman–Crippen LogP) is 6.02. The quantitative estimate of drug-likeness (QED) is 0.283. The molecule has 2 N–H and O–H groups in total. The molecule has 0 radical (unpaired) electrons. The van der Waals surface area contributed by atoms with Crippen LogP contribution in [0.2, 0.25) is 5.02 Å². The van der Waals surface area contributed by atoms with Gasteiger partial charge in [-0.15, -0.1) is 0 Å². The topological polar surface area (TPSA) is 85.9 Å². The van der Waals surface area contributed by atoms with Crippen molar-refractivity contribution in [2.24, 2.45) is 0 Å². The molecule has 0 saturated heterocycles. The second kappa shape index (κ2) is 11.7. The zero-order chi connectivity index (χ0) is 26.4. The fourth-order valence-electron chi connectivity index (χ4n) is 3.92. The molecule has 1 unspecified atom stereocenters. The van der Waals surface area contributed by atoms with Crippen LogP contribution in [0.25, 0.3) is 10.8 Å². The Bertz CT molecular complexity index is 1430. The standard InChI is InChI=1S/C29H27ClN2O5/c1-18(19-9-5-4-6-10-19)31-28(33)17-37-25-14-21-12-8-7-11-20(21)13-22(25)29(34)32-24-15-23(30)26(35-2)16-27(24)36-3/h4-16,18H,17H2,1-3H3,(H,31,33)(H,32,34). The van der Waals surface area contributed by atoms with E-state index in [1.54, 1.807) is 24.3 Å². The number of rotatable bonds is 9. The summed E-state index contributed by atoms with van der Waals surface area (Å²) in [4.78, 5) is 26.0. The van der Waals surface area contributed by atoms with Crippen molar-refractivity contribution in [3.63, 3.8) is 0 Å². The third-order valence-corrected chi connectivity index (χ3v) is 6.15. The van der Waals surface area contributed by atoms with E-state index in [9.17, 15) is 9.59 Å². The first-order valence-corrected chi connectivity index (χ1v) is 12.0. The Labute approximate surface area is 220 Å². The van der Waals surface area contributed by atoms with Crippen LogP contribution in [-0.4, -0.2) is 32.6 Å². The molecule has 0 aliphatic rings. The molecule has 37 heavy (non-hydrogen) atoms. The predicted molar refractivity (Wildman–Crippen MR) is 145 cm³/mol. The number of nitrogens with one attached hydrogen (secondary N) is 2. The Morgan fingerprint density at radius 1 is 0.838 bits per heavy atom. The van der Waals surface area contributed by atoms with Crippen LogP contribution in [-0.2, 0) is 4.79 Å². The normalized spacial score (nSPS) is 11.5. The number of methoxy groups -OCH3 is 2. The van der Waals surface area contributed by atoms with E-state index >= 15 is 0 Å². The zero-order valence-electron chi connectivity index (χ0n) is 20.7. The Morgan fingerprint density at radius 3 is 2.16 bits per heavy atom. The summed E-state index contributed by atoms with van der Waals surface area (Å²) in [5, 5.41) is 7.79. The third-order valence-electron chi connectivity index (χ3n) is 5.85. The second-order valence-electron chi connectivity index (χ2n) is 8.33. The van der Waals surface area contributed by atoms with Gasteiger partial charge in [0.2, 0.25) is 0 Å². The van der Waals surface area contributed by atoms with Crippen LogP contribution in [0, 0.1) is 0 Å². The fraction of sp³-hybridized carbons (Fsp3) is 0.172. The van der Waals surface area contributed by atoms with Gasteiger partial charge in [-0.25, -0.2) is 0 Å². The van der Waals surface area contributed by atoms with E-state index in [0.717, 1.165) is 16.3 Å². The van der Waals surface area contributed by atoms with Crippen molar-refractivity contribution in [1.82, 2.24) is 5.32 Å². The SMILES string of the molecule is COc1cc(OC)c(NC(=O)c2cc3ccccc3cc2OCC(=O)NC(C)c2ccccc2)cc1Cl.